The Hall–Kier alpha value is -4.44. The molecule has 0 aliphatic rings. The second-order valence-corrected chi connectivity index (χ2v) is 9.54. The average Bonchev–Trinajstić information content (AvgIpc) is 3.44. The van der Waals surface area contributed by atoms with Gasteiger partial charge in [0.2, 0.25) is 0 Å². The fraction of sp³-hybridized carbons (Fsp3) is 0.0333. The number of benzene rings is 3. The minimum Gasteiger partial charge on any atom is -0.291 e. The van der Waals surface area contributed by atoms with Crippen molar-refractivity contribution in [2.24, 2.45) is 0 Å². The van der Waals surface area contributed by atoms with Crippen LogP contribution in [0, 0.1) is 24.1 Å². The molecule has 0 bridgehead atoms. The van der Waals surface area contributed by atoms with E-state index in [1.165, 1.54) is 12.1 Å². The molecule has 5 nitrogen and oxygen atoms in total. The average molecular weight is 538 g/mol. The van der Waals surface area contributed by atoms with E-state index in [0.29, 0.717) is 43.9 Å². The standard InChI is InChI=1S/C30H18Cl2FN5/c1-18-24(29(32)38(36-18)23-13-11-22(33)12-14-23)15-8-20-16-28(19-6-9-21(31)10-7-19)37-27-5-3-2-4-26(27)35-30(37)25(20)17-34/h2-16H,1H3. The van der Waals surface area contributed by atoms with Crippen LogP contribution in [0.5, 0.6) is 0 Å². The van der Waals surface area contributed by atoms with Gasteiger partial charge in [-0.05, 0) is 78.7 Å². The third-order valence-corrected chi connectivity index (χ3v) is 7.02. The summed E-state index contributed by atoms with van der Waals surface area (Å²) < 4.78 is 17.0. The molecule has 0 fully saturated rings. The Bertz CT molecular complexity index is 1910. The minimum atomic E-state index is -0.337. The Kier molecular flexibility index (Phi) is 5.96. The van der Waals surface area contributed by atoms with Gasteiger partial charge in [0.05, 0.1) is 28.1 Å². The van der Waals surface area contributed by atoms with Gasteiger partial charge in [-0.15, -0.1) is 0 Å². The van der Waals surface area contributed by atoms with E-state index in [1.54, 1.807) is 16.8 Å². The summed E-state index contributed by atoms with van der Waals surface area (Å²) in [6.07, 6.45) is 3.69. The number of halogens is 3. The Morgan fingerprint density at radius 3 is 2.42 bits per heavy atom. The van der Waals surface area contributed by atoms with E-state index in [4.69, 9.17) is 28.2 Å². The van der Waals surface area contributed by atoms with Crippen molar-refractivity contribution < 1.29 is 4.39 Å². The number of aryl methyl sites for hydroxylation is 1. The molecular formula is C30H18Cl2FN5. The van der Waals surface area contributed by atoms with Crippen LogP contribution in [-0.2, 0) is 0 Å². The van der Waals surface area contributed by atoms with Crippen molar-refractivity contribution in [2.45, 2.75) is 6.92 Å². The zero-order chi connectivity index (χ0) is 26.4. The molecule has 0 radical (unpaired) electrons. The van der Waals surface area contributed by atoms with E-state index in [-0.39, 0.29) is 5.82 Å². The van der Waals surface area contributed by atoms with Crippen molar-refractivity contribution in [2.75, 3.05) is 0 Å². The Balaban J connectivity index is 1.54. The number of hydrogen-bond acceptors (Lipinski definition) is 3. The van der Waals surface area contributed by atoms with E-state index >= 15 is 0 Å². The van der Waals surface area contributed by atoms with Crippen molar-refractivity contribution in [1.29, 1.82) is 5.26 Å². The van der Waals surface area contributed by atoms with Gasteiger partial charge in [-0.25, -0.2) is 14.1 Å². The minimum absolute atomic E-state index is 0.337. The fourth-order valence-corrected chi connectivity index (χ4v) is 5.02. The molecule has 8 heteroatoms. The maximum Gasteiger partial charge on any atom is 0.157 e. The van der Waals surface area contributed by atoms with Crippen LogP contribution < -0.4 is 0 Å². The monoisotopic (exact) mass is 537 g/mol. The van der Waals surface area contributed by atoms with E-state index in [2.05, 4.69) is 11.2 Å². The lowest BCUT2D eigenvalue weighted by atomic mass is 10.0. The molecule has 3 aromatic heterocycles. The van der Waals surface area contributed by atoms with Crippen LogP contribution in [0.4, 0.5) is 4.39 Å². The molecule has 0 N–H and O–H groups in total. The summed E-state index contributed by atoms with van der Waals surface area (Å²) in [5, 5.41) is 15.7. The number of para-hydroxylation sites is 2. The Labute approximate surface area is 227 Å². The summed E-state index contributed by atoms with van der Waals surface area (Å²) in [6.45, 7) is 1.85. The topological polar surface area (TPSA) is 58.9 Å². The molecular weight excluding hydrogens is 520 g/mol. The molecule has 0 unspecified atom stereocenters. The van der Waals surface area contributed by atoms with Crippen LogP contribution in [0.25, 0.3) is 45.8 Å². The first kappa shape index (κ1) is 23.9. The summed E-state index contributed by atoms with van der Waals surface area (Å²) in [5.41, 5.74) is 7.21. The second-order valence-electron chi connectivity index (χ2n) is 8.75. The second kappa shape index (κ2) is 9.46. The number of pyridine rings is 1. The Morgan fingerprint density at radius 2 is 1.68 bits per heavy atom. The first-order chi connectivity index (χ1) is 18.4. The van der Waals surface area contributed by atoms with Crippen molar-refractivity contribution in [3.05, 3.63) is 117 Å². The first-order valence-corrected chi connectivity index (χ1v) is 12.5. The van der Waals surface area contributed by atoms with Gasteiger partial charge in [-0.1, -0.05) is 53.5 Å². The largest absolute Gasteiger partial charge is 0.291 e. The number of imidazole rings is 1. The number of nitriles is 1. The molecule has 0 aliphatic heterocycles. The summed E-state index contributed by atoms with van der Waals surface area (Å²) in [5.74, 6) is -0.337. The third kappa shape index (κ3) is 4.03. The van der Waals surface area contributed by atoms with Crippen molar-refractivity contribution in [1.82, 2.24) is 19.2 Å². The highest BCUT2D eigenvalue weighted by atomic mass is 35.5. The van der Waals surface area contributed by atoms with Crippen LogP contribution in [0.2, 0.25) is 10.2 Å². The molecule has 0 atom stereocenters. The highest BCUT2D eigenvalue weighted by molar-refractivity contribution is 6.31. The quantitative estimate of drug-likeness (QED) is 0.228. The van der Waals surface area contributed by atoms with Gasteiger partial charge < -0.3 is 0 Å². The molecule has 3 aromatic carbocycles. The molecule has 6 aromatic rings. The highest BCUT2D eigenvalue weighted by Gasteiger charge is 2.18. The van der Waals surface area contributed by atoms with E-state index in [0.717, 1.165) is 22.3 Å². The molecule has 184 valence electrons. The summed E-state index contributed by atoms with van der Waals surface area (Å²) >= 11 is 12.9. The Morgan fingerprint density at radius 1 is 0.947 bits per heavy atom. The van der Waals surface area contributed by atoms with Gasteiger partial charge in [-0.2, -0.15) is 10.4 Å². The number of aromatic nitrogens is 4. The van der Waals surface area contributed by atoms with Gasteiger partial charge in [0.25, 0.3) is 0 Å². The van der Waals surface area contributed by atoms with E-state index in [9.17, 15) is 9.65 Å². The van der Waals surface area contributed by atoms with Gasteiger partial charge in [-0.3, -0.25) is 4.40 Å². The predicted molar refractivity (Wildman–Crippen MR) is 150 cm³/mol. The normalized spacial score (nSPS) is 11.6. The third-order valence-electron chi connectivity index (χ3n) is 6.41. The molecule has 0 spiro atoms. The van der Waals surface area contributed by atoms with Crippen LogP contribution in [0.3, 0.4) is 0 Å². The summed E-state index contributed by atoms with van der Waals surface area (Å²) in [4.78, 5) is 4.80. The number of fused-ring (bicyclic) bond motifs is 3. The predicted octanol–water partition coefficient (Wildman–Crippen LogP) is 8.14. The highest BCUT2D eigenvalue weighted by Crippen LogP contribution is 2.32. The van der Waals surface area contributed by atoms with Gasteiger partial charge in [0.1, 0.15) is 22.6 Å². The maximum atomic E-state index is 13.4. The zero-order valence-electron chi connectivity index (χ0n) is 20.0. The van der Waals surface area contributed by atoms with Crippen molar-refractivity contribution in [3.63, 3.8) is 0 Å². The first-order valence-electron chi connectivity index (χ1n) is 11.7. The zero-order valence-corrected chi connectivity index (χ0v) is 21.5. The van der Waals surface area contributed by atoms with Gasteiger partial charge in [0, 0.05) is 10.6 Å². The number of hydrogen-bond donors (Lipinski definition) is 0. The maximum absolute atomic E-state index is 13.4. The molecule has 0 saturated carbocycles. The molecule has 0 aliphatic carbocycles. The van der Waals surface area contributed by atoms with Crippen LogP contribution >= 0.6 is 23.2 Å². The molecule has 38 heavy (non-hydrogen) atoms. The lowest BCUT2D eigenvalue weighted by molar-refractivity contribution is 0.627. The lowest BCUT2D eigenvalue weighted by Gasteiger charge is -2.11. The van der Waals surface area contributed by atoms with Crippen molar-refractivity contribution in [3.8, 4) is 23.0 Å². The summed E-state index contributed by atoms with van der Waals surface area (Å²) in [7, 11) is 0. The molecule has 0 saturated heterocycles. The van der Waals surface area contributed by atoms with Gasteiger partial charge >= 0.3 is 0 Å². The molecule has 6 rings (SSSR count). The van der Waals surface area contributed by atoms with Crippen molar-refractivity contribution >= 4 is 52.0 Å². The van der Waals surface area contributed by atoms with E-state index in [1.807, 2.05) is 78.1 Å². The van der Waals surface area contributed by atoms with Gasteiger partial charge in [0.15, 0.2) is 5.65 Å². The SMILES string of the molecule is Cc1nn(-c2ccc(F)cc2)c(Cl)c1C=Cc1cc(-c2ccc(Cl)cc2)n2c(nc3ccccc32)c1C#N. The molecule has 0 amide bonds. The fourth-order valence-electron chi connectivity index (χ4n) is 4.56. The van der Waals surface area contributed by atoms with Crippen LogP contribution in [-0.4, -0.2) is 19.2 Å². The summed E-state index contributed by atoms with van der Waals surface area (Å²) in [6, 6.07) is 25.6. The van der Waals surface area contributed by atoms with Crippen LogP contribution in [0.15, 0.2) is 78.9 Å². The number of nitrogens with zero attached hydrogens (tertiary/aromatic N) is 5. The smallest absolute Gasteiger partial charge is 0.157 e. The lowest BCUT2D eigenvalue weighted by Crippen LogP contribution is -1.98. The number of rotatable bonds is 4. The van der Waals surface area contributed by atoms with E-state index < -0.39 is 0 Å². The molecule has 3 heterocycles. The van der Waals surface area contributed by atoms with Crippen LogP contribution in [0.1, 0.15) is 22.4 Å².